The van der Waals surface area contributed by atoms with Gasteiger partial charge in [-0.1, -0.05) is 30.3 Å². The Balaban J connectivity index is 1.50. The number of amides is 1. The molecule has 32 heavy (non-hydrogen) atoms. The second-order valence-electron chi connectivity index (χ2n) is 9.25. The third kappa shape index (κ3) is 3.25. The van der Waals surface area contributed by atoms with Gasteiger partial charge in [0.15, 0.2) is 5.82 Å². The van der Waals surface area contributed by atoms with Crippen LogP contribution in [0.2, 0.25) is 0 Å². The molecule has 1 saturated heterocycles. The molecular formula is C26H28N4O2. The van der Waals surface area contributed by atoms with Gasteiger partial charge >= 0.3 is 0 Å². The zero-order chi connectivity index (χ0) is 22.5. The van der Waals surface area contributed by atoms with E-state index in [4.69, 9.17) is 4.98 Å². The number of nitrogens with zero attached hydrogens (tertiary/aromatic N) is 4. The van der Waals surface area contributed by atoms with Crippen LogP contribution in [0, 0.1) is 13.8 Å². The van der Waals surface area contributed by atoms with Gasteiger partial charge in [-0.25, -0.2) is 9.97 Å². The summed E-state index contributed by atoms with van der Waals surface area (Å²) in [6.45, 7) is 5.01. The quantitative estimate of drug-likeness (QED) is 0.626. The fourth-order valence-electron chi connectivity index (χ4n) is 5.37. The molecule has 1 aliphatic heterocycles. The molecule has 1 atom stereocenters. The summed E-state index contributed by atoms with van der Waals surface area (Å²) < 4.78 is 1.56. The molecule has 5 rings (SSSR count). The Hall–Kier alpha value is -3.28. The molecule has 2 aliphatic rings. The van der Waals surface area contributed by atoms with Crippen LogP contribution in [0.25, 0.3) is 11.4 Å². The second kappa shape index (κ2) is 7.69. The Bertz CT molecular complexity index is 1260. The first kappa shape index (κ1) is 20.6. The number of carbonyl (C=O) groups is 1. The third-order valence-corrected chi connectivity index (χ3v) is 7.22. The molecule has 1 aliphatic carbocycles. The van der Waals surface area contributed by atoms with E-state index in [0.29, 0.717) is 18.7 Å². The number of rotatable bonds is 2. The van der Waals surface area contributed by atoms with Crippen molar-refractivity contribution in [3.8, 4) is 11.4 Å². The molecule has 1 amide bonds. The summed E-state index contributed by atoms with van der Waals surface area (Å²) in [5.74, 6) is 0.574. The average molecular weight is 429 g/mol. The molecule has 0 N–H and O–H groups in total. The van der Waals surface area contributed by atoms with Gasteiger partial charge < -0.3 is 9.47 Å². The van der Waals surface area contributed by atoms with E-state index in [1.165, 1.54) is 5.56 Å². The van der Waals surface area contributed by atoms with Gasteiger partial charge in [-0.15, -0.1) is 0 Å². The highest BCUT2D eigenvalue weighted by Crippen LogP contribution is 2.44. The van der Waals surface area contributed by atoms with Gasteiger partial charge in [0.2, 0.25) is 0 Å². The molecule has 1 aromatic carbocycles. The Morgan fingerprint density at radius 1 is 1.12 bits per heavy atom. The SMILES string of the molecule is Cc1cc(C)n(C)c(=O)c1C(=O)N1CCCC2(CCc3cnc(-c4ccccc4)nc32)C1. The number of hydrogen-bond acceptors (Lipinski definition) is 4. The predicted octanol–water partition coefficient (Wildman–Crippen LogP) is 3.58. The lowest BCUT2D eigenvalue weighted by Gasteiger charge is -2.40. The van der Waals surface area contributed by atoms with Crippen LogP contribution >= 0.6 is 0 Å². The summed E-state index contributed by atoms with van der Waals surface area (Å²) in [4.78, 5) is 37.9. The summed E-state index contributed by atoms with van der Waals surface area (Å²) in [6, 6.07) is 11.9. The van der Waals surface area contributed by atoms with E-state index in [1.54, 1.807) is 11.6 Å². The summed E-state index contributed by atoms with van der Waals surface area (Å²) >= 11 is 0. The molecule has 6 nitrogen and oxygen atoms in total. The van der Waals surface area contributed by atoms with E-state index in [1.807, 2.05) is 61.3 Å². The van der Waals surface area contributed by atoms with Crippen molar-refractivity contribution in [2.45, 2.75) is 44.9 Å². The summed E-state index contributed by atoms with van der Waals surface area (Å²) in [7, 11) is 1.72. The number of pyridine rings is 1. The molecule has 1 spiro atoms. The lowest BCUT2D eigenvalue weighted by atomic mass is 9.77. The Kier molecular flexibility index (Phi) is 4.96. The highest BCUT2D eigenvalue weighted by Gasteiger charge is 2.45. The van der Waals surface area contributed by atoms with Gasteiger partial charge in [-0.3, -0.25) is 9.59 Å². The summed E-state index contributed by atoms with van der Waals surface area (Å²) in [5, 5.41) is 0. The van der Waals surface area contributed by atoms with Gasteiger partial charge in [0.25, 0.3) is 11.5 Å². The third-order valence-electron chi connectivity index (χ3n) is 7.22. The molecule has 6 heteroatoms. The maximum Gasteiger partial charge on any atom is 0.263 e. The van der Waals surface area contributed by atoms with Gasteiger partial charge in [-0.2, -0.15) is 0 Å². The fourth-order valence-corrected chi connectivity index (χ4v) is 5.37. The van der Waals surface area contributed by atoms with E-state index >= 15 is 0 Å². The molecule has 164 valence electrons. The van der Waals surface area contributed by atoms with E-state index in [2.05, 4.69) is 4.98 Å². The molecule has 1 unspecified atom stereocenters. The summed E-state index contributed by atoms with van der Waals surface area (Å²) in [5.41, 5.74) is 4.77. The minimum absolute atomic E-state index is 0.159. The van der Waals surface area contributed by atoms with Gasteiger partial charge in [-0.05, 0) is 56.7 Å². The lowest BCUT2D eigenvalue weighted by Crippen LogP contribution is -2.49. The maximum absolute atomic E-state index is 13.5. The van der Waals surface area contributed by atoms with E-state index in [0.717, 1.165) is 54.0 Å². The van der Waals surface area contributed by atoms with Crippen LogP contribution in [0.5, 0.6) is 0 Å². The minimum atomic E-state index is -0.215. The van der Waals surface area contributed by atoms with Crippen LogP contribution in [-0.2, 0) is 18.9 Å². The van der Waals surface area contributed by atoms with Crippen LogP contribution in [-0.4, -0.2) is 38.4 Å². The zero-order valence-electron chi connectivity index (χ0n) is 18.9. The molecule has 2 aromatic heterocycles. The summed E-state index contributed by atoms with van der Waals surface area (Å²) in [6.07, 6.45) is 5.75. The molecule has 0 bridgehead atoms. The van der Waals surface area contributed by atoms with Crippen molar-refractivity contribution < 1.29 is 4.79 Å². The minimum Gasteiger partial charge on any atom is -0.338 e. The van der Waals surface area contributed by atoms with Gasteiger partial charge in [0.1, 0.15) is 5.56 Å². The second-order valence-corrected chi connectivity index (χ2v) is 9.25. The van der Waals surface area contributed by atoms with Crippen molar-refractivity contribution in [3.05, 3.63) is 81.0 Å². The number of hydrogen-bond donors (Lipinski definition) is 0. The largest absolute Gasteiger partial charge is 0.338 e. The first-order chi connectivity index (χ1) is 15.4. The van der Waals surface area contributed by atoms with Gasteiger partial charge in [0.05, 0.1) is 5.69 Å². The molecule has 3 aromatic rings. The van der Waals surface area contributed by atoms with E-state index < -0.39 is 0 Å². The van der Waals surface area contributed by atoms with Crippen LogP contribution in [0.3, 0.4) is 0 Å². The normalized spacial score (nSPS) is 19.9. The standard InChI is InChI=1S/C26H28N4O2/c1-17-14-18(2)29(3)24(31)21(17)25(32)30-13-7-11-26(16-30)12-10-20-15-27-23(28-22(20)26)19-8-5-4-6-9-19/h4-6,8-9,14-15H,7,10-13,16H2,1-3H3. The van der Waals surface area contributed by atoms with Crippen molar-refractivity contribution >= 4 is 5.91 Å². The van der Waals surface area contributed by atoms with Crippen LogP contribution in [0.15, 0.2) is 47.4 Å². The Morgan fingerprint density at radius 2 is 1.91 bits per heavy atom. The first-order valence-corrected chi connectivity index (χ1v) is 11.3. The Morgan fingerprint density at radius 3 is 2.69 bits per heavy atom. The fraction of sp³-hybridized carbons (Fsp3) is 0.385. The smallest absolute Gasteiger partial charge is 0.263 e. The maximum atomic E-state index is 13.5. The number of aryl methyl sites for hydroxylation is 3. The van der Waals surface area contributed by atoms with E-state index in [-0.39, 0.29) is 16.9 Å². The highest BCUT2D eigenvalue weighted by molar-refractivity contribution is 5.95. The van der Waals surface area contributed by atoms with Crippen LogP contribution in [0.4, 0.5) is 0 Å². The van der Waals surface area contributed by atoms with E-state index in [9.17, 15) is 9.59 Å². The number of benzene rings is 1. The molecule has 1 fully saturated rings. The van der Waals surface area contributed by atoms with Crippen LogP contribution < -0.4 is 5.56 Å². The van der Waals surface area contributed by atoms with Crippen molar-refractivity contribution in [2.24, 2.45) is 7.05 Å². The molecule has 0 saturated carbocycles. The van der Waals surface area contributed by atoms with Crippen molar-refractivity contribution in [3.63, 3.8) is 0 Å². The van der Waals surface area contributed by atoms with Crippen molar-refractivity contribution in [2.75, 3.05) is 13.1 Å². The monoisotopic (exact) mass is 428 g/mol. The number of fused-ring (bicyclic) bond motifs is 2. The predicted molar refractivity (Wildman–Crippen MR) is 124 cm³/mol. The number of likely N-dealkylation sites (tertiary alicyclic amines) is 1. The number of aromatic nitrogens is 3. The average Bonchev–Trinajstić information content (AvgIpc) is 3.15. The molecule has 3 heterocycles. The van der Waals surface area contributed by atoms with Gasteiger partial charge in [0, 0.05) is 43.0 Å². The van der Waals surface area contributed by atoms with Crippen molar-refractivity contribution in [1.82, 2.24) is 19.4 Å². The lowest BCUT2D eigenvalue weighted by molar-refractivity contribution is 0.0630. The molecule has 0 radical (unpaired) electrons. The topological polar surface area (TPSA) is 68.1 Å². The molecular weight excluding hydrogens is 400 g/mol. The first-order valence-electron chi connectivity index (χ1n) is 11.3. The highest BCUT2D eigenvalue weighted by atomic mass is 16.2. The van der Waals surface area contributed by atoms with Crippen LogP contribution in [0.1, 0.15) is 52.1 Å². The number of carbonyl (C=O) groups excluding carboxylic acids is 1. The zero-order valence-corrected chi connectivity index (χ0v) is 18.9. The number of piperidine rings is 1. The van der Waals surface area contributed by atoms with Crippen molar-refractivity contribution in [1.29, 1.82) is 0 Å². The Labute approximate surface area is 188 Å².